The smallest absolute Gasteiger partial charge is 0.00757 e. The van der Waals surface area contributed by atoms with Crippen LogP contribution in [0.15, 0.2) is 0 Å². The van der Waals surface area contributed by atoms with Crippen LogP contribution in [0.25, 0.3) is 0 Å². The van der Waals surface area contributed by atoms with Crippen LogP contribution in [0.3, 0.4) is 0 Å². The lowest BCUT2D eigenvalue weighted by Crippen LogP contribution is -2.35. The van der Waals surface area contributed by atoms with Crippen LogP contribution < -0.4 is 5.32 Å². The number of nitrogens with one attached hydrogen (secondary N) is 1. The van der Waals surface area contributed by atoms with Crippen molar-refractivity contribution < 1.29 is 0 Å². The SMILES string of the molecule is CC1CC2CC(C)(CN2)C1C. The Morgan fingerprint density at radius 3 is 2.82 bits per heavy atom. The van der Waals surface area contributed by atoms with Gasteiger partial charge in [0.2, 0.25) is 0 Å². The van der Waals surface area contributed by atoms with Crippen molar-refractivity contribution in [2.75, 3.05) is 6.54 Å². The number of hydrogen-bond acceptors (Lipinski definition) is 1. The van der Waals surface area contributed by atoms with E-state index in [0.29, 0.717) is 5.41 Å². The summed E-state index contributed by atoms with van der Waals surface area (Å²) in [5, 5.41) is 3.62. The summed E-state index contributed by atoms with van der Waals surface area (Å²) < 4.78 is 0. The van der Waals surface area contributed by atoms with E-state index in [0.717, 1.165) is 17.9 Å². The van der Waals surface area contributed by atoms with E-state index in [4.69, 9.17) is 0 Å². The quantitative estimate of drug-likeness (QED) is 0.561. The van der Waals surface area contributed by atoms with Crippen molar-refractivity contribution in [3.05, 3.63) is 0 Å². The van der Waals surface area contributed by atoms with Gasteiger partial charge in [0.25, 0.3) is 0 Å². The van der Waals surface area contributed by atoms with E-state index in [1.807, 2.05) is 0 Å². The third-order valence-corrected chi connectivity index (χ3v) is 4.12. The van der Waals surface area contributed by atoms with Crippen LogP contribution in [-0.4, -0.2) is 12.6 Å². The standard InChI is InChI=1S/C10H19N/c1-7-4-9-5-10(3,6-11-9)8(7)2/h7-9,11H,4-6H2,1-3H3. The van der Waals surface area contributed by atoms with E-state index in [1.54, 1.807) is 0 Å². The van der Waals surface area contributed by atoms with Gasteiger partial charge in [-0.15, -0.1) is 0 Å². The molecule has 2 aliphatic rings. The summed E-state index contributed by atoms with van der Waals surface area (Å²) >= 11 is 0. The number of fused-ring (bicyclic) bond motifs is 2. The van der Waals surface area contributed by atoms with Gasteiger partial charge >= 0.3 is 0 Å². The Kier molecular flexibility index (Phi) is 1.54. The lowest BCUT2D eigenvalue weighted by molar-refractivity contribution is 0.121. The highest BCUT2D eigenvalue weighted by atomic mass is 15.0. The van der Waals surface area contributed by atoms with Gasteiger partial charge in [0.1, 0.15) is 0 Å². The topological polar surface area (TPSA) is 12.0 Å². The monoisotopic (exact) mass is 153 g/mol. The third kappa shape index (κ3) is 1.01. The van der Waals surface area contributed by atoms with E-state index in [2.05, 4.69) is 26.1 Å². The van der Waals surface area contributed by atoms with Gasteiger partial charge in [-0.25, -0.2) is 0 Å². The maximum absolute atomic E-state index is 3.62. The molecule has 0 spiro atoms. The molecular weight excluding hydrogens is 134 g/mol. The summed E-state index contributed by atoms with van der Waals surface area (Å²) in [5.41, 5.74) is 0.613. The van der Waals surface area contributed by atoms with Crippen LogP contribution in [0.1, 0.15) is 33.6 Å². The lowest BCUT2D eigenvalue weighted by Gasteiger charge is -2.39. The molecule has 1 saturated carbocycles. The second-order valence-corrected chi connectivity index (χ2v) is 4.94. The Morgan fingerprint density at radius 2 is 2.09 bits per heavy atom. The predicted octanol–water partition coefficient (Wildman–Crippen LogP) is 2.03. The minimum atomic E-state index is 0.613. The van der Waals surface area contributed by atoms with Crippen LogP contribution in [0.4, 0.5) is 0 Å². The van der Waals surface area contributed by atoms with Crippen molar-refractivity contribution in [2.24, 2.45) is 17.3 Å². The molecule has 1 aliphatic carbocycles. The molecule has 4 atom stereocenters. The molecule has 2 rings (SSSR count). The zero-order chi connectivity index (χ0) is 8.06. The Balaban J connectivity index is 2.21. The summed E-state index contributed by atoms with van der Waals surface area (Å²) in [6, 6.07) is 0.839. The second-order valence-electron chi connectivity index (χ2n) is 4.94. The minimum absolute atomic E-state index is 0.613. The van der Waals surface area contributed by atoms with Crippen LogP contribution in [0.2, 0.25) is 0 Å². The summed E-state index contributed by atoms with van der Waals surface area (Å²) in [7, 11) is 0. The van der Waals surface area contributed by atoms with Crippen LogP contribution in [0, 0.1) is 17.3 Å². The normalized spacial score (nSPS) is 56.5. The largest absolute Gasteiger partial charge is 0.313 e. The average Bonchev–Trinajstić information content (AvgIpc) is 2.27. The molecule has 0 amide bonds. The highest BCUT2D eigenvalue weighted by Gasteiger charge is 2.45. The Bertz CT molecular complexity index is 166. The number of rotatable bonds is 0. The lowest BCUT2D eigenvalue weighted by atomic mass is 9.65. The van der Waals surface area contributed by atoms with Gasteiger partial charge in [-0.2, -0.15) is 0 Å². The highest BCUT2D eigenvalue weighted by Crippen LogP contribution is 2.47. The molecule has 0 radical (unpaired) electrons. The van der Waals surface area contributed by atoms with E-state index >= 15 is 0 Å². The molecule has 2 fully saturated rings. The molecule has 1 nitrogen and oxygen atoms in total. The fraction of sp³-hybridized carbons (Fsp3) is 1.00. The van der Waals surface area contributed by atoms with Gasteiger partial charge in [0.05, 0.1) is 0 Å². The molecule has 0 aromatic rings. The first-order valence-corrected chi connectivity index (χ1v) is 4.85. The van der Waals surface area contributed by atoms with Gasteiger partial charge in [-0.3, -0.25) is 0 Å². The van der Waals surface area contributed by atoms with Crippen LogP contribution in [0.5, 0.6) is 0 Å². The van der Waals surface area contributed by atoms with Crippen molar-refractivity contribution >= 4 is 0 Å². The molecular formula is C10H19N. The molecule has 1 heteroatoms. The van der Waals surface area contributed by atoms with Crippen molar-refractivity contribution in [3.8, 4) is 0 Å². The molecule has 1 aliphatic heterocycles. The fourth-order valence-electron chi connectivity index (χ4n) is 2.94. The Labute approximate surface area is 69.6 Å². The van der Waals surface area contributed by atoms with E-state index in [1.165, 1.54) is 19.4 Å². The minimum Gasteiger partial charge on any atom is -0.313 e. The van der Waals surface area contributed by atoms with E-state index < -0.39 is 0 Å². The van der Waals surface area contributed by atoms with Crippen molar-refractivity contribution in [1.82, 2.24) is 5.32 Å². The summed E-state index contributed by atoms with van der Waals surface area (Å²) in [5.74, 6) is 1.84. The summed E-state index contributed by atoms with van der Waals surface area (Å²) in [4.78, 5) is 0. The fourth-order valence-corrected chi connectivity index (χ4v) is 2.94. The van der Waals surface area contributed by atoms with E-state index in [9.17, 15) is 0 Å². The molecule has 2 bridgehead atoms. The average molecular weight is 153 g/mol. The molecule has 1 N–H and O–H groups in total. The summed E-state index contributed by atoms with van der Waals surface area (Å²) in [6.45, 7) is 8.53. The Hall–Kier alpha value is -0.0400. The van der Waals surface area contributed by atoms with Crippen LogP contribution >= 0.6 is 0 Å². The van der Waals surface area contributed by atoms with Gasteiger partial charge in [-0.1, -0.05) is 20.8 Å². The maximum Gasteiger partial charge on any atom is 0.00757 e. The third-order valence-electron chi connectivity index (χ3n) is 4.12. The van der Waals surface area contributed by atoms with Gasteiger partial charge in [0.15, 0.2) is 0 Å². The van der Waals surface area contributed by atoms with Gasteiger partial charge in [-0.05, 0) is 30.1 Å². The second kappa shape index (κ2) is 2.22. The predicted molar refractivity (Wildman–Crippen MR) is 47.5 cm³/mol. The first-order chi connectivity index (χ1) is 5.12. The Morgan fingerprint density at radius 1 is 1.36 bits per heavy atom. The molecule has 64 valence electrons. The van der Waals surface area contributed by atoms with Crippen molar-refractivity contribution in [3.63, 3.8) is 0 Å². The first kappa shape index (κ1) is 7.60. The molecule has 11 heavy (non-hydrogen) atoms. The first-order valence-electron chi connectivity index (χ1n) is 4.85. The zero-order valence-corrected chi connectivity index (χ0v) is 7.85. The molecule has 1 saturated heterocycles. The van der Waals surface area contributed by atoms with Crippen molar-refractivity contribution in [2.45, 2.75) is 39.7 Å². The molecule has 4 unspecified atom stereocenters. The zero-order valence-electron chi connectivity index (χ0n) is 7.85. The van der Waals surface area contributed by atoms with Gasteiger partial charge in [0, 0.05) is 12.6 Å². The number of hydrogen-bond donors (Lipinski definition) is 1. The van der Waals surface area contributed by atoms with Crippen molar-refractivity contribution in [1.29, 1.82) is 0 Å². The maximum atomic E-state index is 3.62. The molecule has 0 aromatic carbocycles. The molecule has 0 aromatic heterocycles. The van der Waals surface area contributed by atoms with Crippen LogP contribution in [-0.2, 0) is 0 Å². The van der Waals surface area contributed by atoms with E-state index in [-0.39, 0.29) is 0 Å². The van der Waals surface area contributed by atoms with Gasteiger partial charge < -0.3 is 5.32 Å². The molecule has 1 heterocycles. The highest BCUT2D eigenvalue weighted by molar-refractivity contribution is 5.00. The summed E-state index contributed by atoms with van der Waals surface area (Å²) in [6.07, 6.45) is 2.81.